The van der Waals surface area contributed by atoms with Crippen LogP contribution in [0.5, 0.6) is 11.6 Å². The first-order valence-electron chi connectivity index (χ1n) is 10.4. The quantitative estimate of drug-likeness (QED) is 0.493. The van der Waals surface area contributed by atoms with Crippen LogP contribution in [-0.4, -0.2) is 29.0 Å². The Kier molecular flexibility index (Phi) is 5.86. The SMILES string of the molecule is Clc1ccc(Oc2ncccc2-c2csc(NC3=NCCCN3)n2)c(/C=C/C2CC2)c1. The Morgan fingerprint density at radius 2 is 2.19 bits per heavy atom. The van der Waals surface area contributed by atoms with Crippen LogP contribution in [0.15, 0.2) is 53.0 Å². The number of nitrogens with zero attached hydrogens (tertiary/aromatic N) is 3. The molecule has 0 spiro atoms. The maximum atomic E-state index is 6.25. The first-order chi connectivity index (χ1) is 15.2. The zero-order valence-corrected chi connectivity index (χ0v) is 18.4. The molecule has 1 aromatic carbocycles. The van der Waals surface area contributed by atoms with Gasteiger partial charge in [-0.3, -0.25) is 4.99 Å². The van der Waals surface area contributed by atoms with E-state index in [0.717, 1.165) is 53.2 Å². The van der Waals surface area contributed by atoms with Gasteiger partial charge < -0.3 is 15.4 Å². The van der Waals surface area contributed by atoms with Gasteiger partial charge in [0.1, 0.15) is 5.75 Å². The van der Waals surface area contributed by atoms with E-state index in [4.69, 9.17) is 21.3 Å². The van der Waals surface area contributed by atoms with E-state index in [2.05, 4.69) is 32.8 Å². The van der Waals surface area contributed by atoms with Gasteiger partial charge in [-0.15, -0.1) is 11.3 Å². The normalized spacial score (nSPS) is 16.1. The number of hydrogen-bond acceptors (Lipinski definition) is 7. The average Bonchev–Trinajstić information content (AvgIpc) is 3.52. The third-order valence-electron chi connectivity index (χ3n) is 5.02. The largest absolute Gasteiger partial charge is 0.438 e. The lowest BCUT2D eigenvalue weighted by Crippen LogP contribution is -2.35. The van der Waals surface area contributed by atoms with Crippen molar-refractivity contribution in [2.45, 2.75) is 19.3 Å². The van der Waals surface area contributed by atoms with E-state index in [-0.39, 0.29) is 0 Å². The fourth-order valence-electron chi connectivity index (χ4n) is 3.21. The summed E-state index contributed by atoms with van der Waals surface area (Å²) in [6.07, 6.45) is 9.58. The van der Waals surface area contributed by atoms with Gasteiger partial charge in [-0.2, -0.15) is 0 Å². The van der Waals surface area contributed by atoms with E-state index in [9.17, 15) is 0 Å². The second-order valence-electron chi connectivity index (χ2n) is 7.51. The van der Waals surface area contributed by atoms with Gasteiger partial charge in [0.15, 0.2) is 11.1 Å². The molecular weight excluding hydrogens is 430 g/mol. The van der Waals surface area contributed by atoms with E-state index in [0.29, 0.717) is 16.8 Å². The van der Waals surface area contributed by atoms with Gasteiger partial charge in [-0.25, -0.2) is 9.97 Å². The fourth-order valence-corrected chi connectivity index (χ4v) is 4.10. The standard InChI is InChI=1S/C23H22ClN5OS/c24-17-8-9-20(16(13-17)7-6-15-4-5-15)30-21-18(3-1-10-25-21)19-14-31-23(28-19)29-22-26-11-2-12-27-22/h1,3,6-10,13-15H,2,4-5,11-12H2,(H2,26,27,28,29)/b7-6+. The number of pyridine rings is 1. The van der Waals surface area contributed by atoms with Crippen LogP contribution in [0.4, 0.5) is 5.13 Å². The molecule has 0 atom stereocenters. The smallest absolute Gasteiger partial charge is 0.228 e. The van der Waals surface area contributed by atoms with E-state index >= 15 is 0 Å². The van der Waals surface area contributed by atoms with Crippen molar-refractivity contribution >= 4 is 40.1 Å². The molecule has 3 heterocycles. The molecule has 2 aliphatic rings. The van der Waals surface area contributed by atoms with Gasteiger partial charge in [0.05, 0.1) is 11.3 Å². The minimum atomic E-state index is 0.510. The minimum absolute atomic E-state index is 0.510. The monoisotopic (exact) mass is 451 g/mol. The summed E-state index contributed by atoms with van der Waals surface area (Å²) in [4.78, 5) is 13.6. The lowest BCUT2D eigenvalue weighted by Gasteiger charge is -2.14. The van der Waals surface area contributed by atoms with Crippen molar-refractivity contribution in [3.05, 3.63) is 58.6 Å². The number of aromatic nitrogens is 2. The van der Waals surface area contributed by atoms with Crippen molar-refractivity contribution in [1.82, 2.24) is 15.3 Å². The number of hydrogen-bond donors (Lipinski definition) is 2. The maximum Gasteiger partial charge on any atom is 0.228 e. The molecule has 1 aliphatic heterocycles. The average molecular weight is 452 g/mol. The van der Waals surface area contributed by atoms with Gasteiger partial charge >= 0.3 is 0 Å². The molecule has 0 radical (unpaired) electrons. The summed E-state index contributed by atoms with van der Waals surface area (Å²) in [5, 5.41) is 9.94. The highest BCUT2D eigenvalue weighted by Crippen LogP contribution is 2.36. The maximum absolute atomic E-state index is 6.25. The molecular formula is C23H22ClN5OS. The molecule has 31 heavy (non-hydrogen) atoms. The molecule has 2 N–H and O–H groups in total. The molecule has 6 nitrogen and oxygen atoms in total. The van der Waals surface area contributed by atoms with Crippen molar-refractivity contribution in [1.29, 1.82) is 0 Å². The summed E-state index contributed by atoms with van der Waals surface area (Å²) < 4.78 is 6.25. The van der Waals surface area contributed by atoms with Gasteiger partial charge in [-0.05, 0) is 55.5 Å². The van der Waals surface area contributed by atoms with Crippen LogP contribution < -0.4 is 15.4 Å². The number of aliphatic imine (C=N–C) groups is 1. The fraction of sp³-hybridized carbons (Fsp3) is 0.261. The first kappa shape index (κ1) is 20.0. The Hall–Kier alpha value is -2.90. The number of halogens is 1. The molecule has 1 aliphatic carbocycles. The minimum Gasteiger partial charge on any atom is -0.438 e. The Morgan fingerprint density at radius 3 is 3.03 bits per heavy atom. The van der Waals surface area contributed by atoms with E-state index in [1.807, 2.05) is 35.7 Å². The number of benzene rings is 1. The Labute approximate surface area is 190 Å². The van der Waals surface area contributed by atoms with Crippen LogP contribution >= 0.6 is 22.9 Å². The van der Waals surface area contributed by atoms with E-state index in [1.54, 1.807) is 6.20 Å². The van der Waals surface area contributed by atoms with Crippen LogP contribution in [0.1, 0.15) is 24.8 Å². The molecule has 158 valence electrons. The van der Waals surface area contributed by atoms with Gasteiger partial charge in [0.25, 0.3) is 0 Å². The summed E-state index contributed by atoms with van der Waals surface area (Å²) >= 11 is 7.75. The summed E-state index contributed by atoms with van der Waals surface area (Å²) in [5.74, 6) is 2.66. The van der Waals surface area contributed by atoms with Crippen molar-refractivity contribution < 1.29 is 4.74 Å². The number of nitrogens with one attached hydrogen (secondary N) is 2. The second kappa shape index (κ2) is 9.08. The molecule has 0 bridgehead atoms. The van der Waals surface area contributed by atoms with Crippen molar-refractivity contribution in [2.24, 2.45) is 10.9 Å². The van der Waals surface area contributed by atoms with E-state index in [1.165, 1.54) is 24.2 Å². The molecule has 0 saturated heterocycles. The van der Waals surface area contributed by atoms with Crippen LogP contribution in [0.3, 0.4) is 0 Å². The van der Waals surface area contributed by atoms with Crippen LogP contribution in [-0.2, 0) is 0 Å². The number of allylic oxidation sites excluding steroid dienone is 1. The molecule has 3 aromatic rings. The molecule has 1 saturated carbocycles. The summed E-state index contributed by atoms with van der Waals surface area (Å²) in [7, 11) is 0. The number of ether oxygens (including phenoxy) is 1. The summed E-state index contributed by atoms with van der Waals surface area (Å²) in [6.45, 7) is 1.75. The zero-order valence-electron chi connectivity index (χ0n) is 16.8. The van der Waals surface area contributed by atoms with E-state index < -0.39 is 0 Å². The lowest BCUT2D eigenvalue weighted by atomic mass is 10.1. The third-order valence-corrected chi connectivity index (χ3v) is 6.02. The van der Waals surface area contributed by atoms with Crippen molar-refractivity contribution in [3.63, 3.8) is 0 Å². The second-order valence-corrected chi connectivity index (χ2v) is 8.80. The van der Waals surface area contributed by atoms with Crippen LogP contribution in [0, 0.1) is 5.92 Å². The topological polar surface area (TPSA) is 71.4 Å². The Balaban J connectivity index is 1.40. The molecule has 8 heteroatoms. The highest BCUT2D eigenvalue weighted by atomic mass is 35.5. The number of guanidine groups is 1. The predicted molar refractivity (Wildman–Crippen MR) is 127 cm³/mol. The zero-order chi connectivity index (χ0) is 21.0. The van der Waals surface area contributed by atoms with Gasteiger partial charge in [-0.1, -0.05) is 23.8 Å². The summed E-state index contributed by atoms with van der Waals surface area (Å²) in [5.41, 5.74) is 2.58. The number of rotatable bonds is 6. The van der Waals surface area contributed by atoms with Crippen LogP contribution in [0.25, 0.3) is 17.3 Å². The van der Waals surface area contributed by atoms with Gasteiger partial charge in [0, 0.05) is 35.3 Å². The molecule has 0 unspecified atom stereocenters. The Bertz CT molecular complexity index is 1140. The summed E-state index contributed by atoms with van der Waals surface area (Å²) in [6, 6.07) is 9.48. The number of thiazole rings is 1. The van der Waals surface area contributed by atoms with Crippen molar-refractivity contribution in [3.8, 4) is 22.9 Å². The lowest BCUT2D eigenvalue weighted by molar-refractivity contribution is 0.464. The molecule has 1 fully saturated rings. The van der Waals surface area contributed by atoms with Crippen molar-refractivity contribution in [2.75, 3.05) is 18.4 Å². The molecule has 2 aromatic heterocycles. The highest BCUT2D eigenvalue weighted by molar-refractivity contribution is 7.14. The Morgan fingerprint density at radius 1 is 1.26 bits per heavy atom. The molecule has 5 rings (SSSR count). The third kappa shape index (κ3) is 5.06. The van der Waals surface area contributed by atoms with Gasteiger partial charge in [0.2, 0.25) is 5.88 Å². The predicted octanol–water partition coefficient (Wildman–Crippen LogP) is 5.84. The molecule has 0 amide bonds. The van der Waals surface area contributed by atoms with Crippen LogP contribution in [0.2, 0.25) is 5.02 Å². The number of anilines is 1. The first-order valence-corrected chi connectivity index (χ1v) is 11.6. The highest BCUT2D eigenvalue weighted by Gasteiger charge is 2.18.